The van der Waals surface area contributed by atoms with Gasteiger partial charge in [-0.2, -0.15) is 0 Å². The van der Waals surface area contributed by atoms with Gasteiger partial charge in [-0.25, -0.2) is 9.18 Å². The van der Waals surface area contributed by atoms with Crippen LogP contribution in [0.3, 0.4) is 0 Å². The van der Waals surface area contributed by atoms with E-state index in [0.717, 1.165) is 22.0 Å². The first-order valence-corrected chi connectivity index (χ1v) is 9.94. The predicted octanol–water partition coefficient (Wildman–Crippen LogP) is 4.56. The predicted molar refractivity (Wildman–Crippen MR) is 116 cm³/mol. The Hall–Kier alpha value is -3.22. The number of amides is 2. The van der Waals surface area contributed by atoms with E-state index in [4.69, 9.17) is 9.47 Å². The van der Waals surface area contributed by atoms with Gasteiger partial charge < -0.3 is 25.1 Å². The molecule has 2 aromatic carbocycles. The fourth-order valence-corrected chi connectivity index (χ4v) is 3.54. The molecule has 30 heavy (non-hydrogen) atoms. The van der Waals surface area contributed by atoms with Gasteiger partial charge in [0, 0.05) is 23.6 Å². The Morgan fingerprint density at radius 2 is 1.87 bits per heavy atom. The van der Waals surface area contributed by atoms with Crippen molar-refractivity contribution in [2.75, 3.05) is 20.8 Å². The molecule has 1 atom stereocenters. The average Bonchev–Trinajstić information content (AvgIpc) is 3.13. The second kappa shape index (κ2) is 9.52. The molecule has 0 saturated carbocycles. The molecule has 1 aromatic heterocycles. The van der Waals surface area contributed by atoms with Crippen molar-refractivity contribution in [2.24, 2.45) is 5.92 Å². The number of hydrogen-bond donors (Lipinski definition) is 3. The van der Waals surface area contributed by atoms with Crippen molar-refractivity contribution in [3.05, 3.63) is 59.5 Å². The minimum atomic E-state index is -0.274. The standard InChI is InChI=1S/C23H28FN3O3/c1-14(2)22(15-5-8-20(29-3)21(11-15)30-4)27-23(28)25-10-9-16-13-26-19-7-6-17(24)12-18(16)19/h5-8,11-14,22,26H,9-10H2,1-4H3,(H2,25,27,28)/t22-/m0/s1. The monoisotopic (exact) mass is 413 g/mol. The summed E-state index contributed by atoms with van der Waals surface area (Å²) in [7, 11) is 3.17. The molecule has 0 aliphatic carbocycles. The van der Waals surface area contributed by atoms with E-state index < -0.39 is 0 Å². The normalized spacial score (nSPS) is 12.1. The molecule has 0 radical (unpaired) electrons. The highest BCUT2D eigenvalue weighted by atomic mass is 19.1. The number of carbonyl (C=O) groups excluding carboxylic acids is 1. The summed E-state index contributed by atoms with van der Waals surface area (Å²) in [6.07, 6.45) is 2.45. The van der Waals surface area contributed by atoms with Crippen LogP contribution in [0, 0.1) is 11.7 Å². The van der Waals surface area contributed by atoms with Gasteiger partial charge >= 0.3 is 6.03 Å². The molecule has 7 heteroatoms. The van der Waals surface area contributed by atoms with E-state index in [1.54, 1.807) is 20.3 Å². The summed E-state index contributed by atoms with van der Waals surface area (Å²) in [5.41, 5.74) is 2.78. The van der Waals surface area contributed by atoms with Gasteiger partial charge in [-0.3, -0.25) is 0 Å². The van der Waals surface area contributed by atoms with Crippen molar-refractivity contribution >= 4 is 16.9 Å². The highest BCUT2D eigenvalue weighted by molar-refractivity contribution is 5.83. The first kappa shape index (κ1) is 21.5. The van der Waals surface area contributed by atoms with Crippen LogP contribution in [0.1, 0.15) is 31.0 Å². The quantitative estimate of drug-likeness (QED) is 0.507. The molecule has 160 valence electrons. The fraction of sp³-hybridized carbons (Fsp3) is 0.348. The van der Waals surface area contributed by atoms with Crippen molar-refractivity contribution in [1.82, 2.24) is 15.6 Å². The third-order valence-electron chi connectivity index (χ3n) is 5.13. The number of ether oxygens (including phenoxy) is 2. The number of urea groups is 1. The number of aromatic nitrogens is 1. The van der Waals surface area contributed by atoms with Crippen LogP contribution >= 0.6 is 0 Å². The maximum absolute atomic E-state index is 13.5. The van der Waals surface area contributed by atoms with Crippen LogP contribution in [0.25, 0.3) is 10.9 Å². The van der Waals surface area contributed by atoms with Crippen LogP contribution in [0.2, 0.25) is 0 Å². The molecule has 3 rings (SSSR count). The second-order valence-electron chi connectivity index (χ2n) is 7.49. The topological polar surface area (TPSA) is 75.4 Å². The summed E-state index contributed by atoms with van der Waals surface area (Å²) in [5, 5.41) is 6.76. The molecule has 2 amide bonds. The van der Waals surface area contributed by atoms with Crippen molar-refractivity contribution in [3.63, 3.8) is 0 Å². The average molecular weight is 413 g/mol. The highest BCUT2D eigenvalue weighted by Gasteiger charge is 2.20. The summed E-state index contributed by atoms with van der Waals surface area (Å²) < 4.78 is 24.2. The van der Waals surface area contributed by atoms with Crippen molar-refractivity contribution in [3.8, 4) is 11.5 Å². The smallest absolute Gasteiger partial charge is 0.315 e. The zero-order valence-electron chi connectivity index (χ0n) is 17.7. The number of nitrogens with one attached hydrogen (secondary N) is 3. The third-order valence-corrected chi connectivity index (χ3v) is 5.13. The van der Waals surface area contributed by atoms with E-state index in [1.807, 2.05) is 38.2 Å². The Morgan fingerprint density at radius 1 is 1.10 bits per heavy atom. The number of methoxy groups -OCH3 is 2. The molecule has 0 fully saturated rings. The van der Waals surface area contributed by atoms with Crippen molar-refractivity contribution < 1.29 is 18.7 Å². The molecule has 0 unspecified atom stereocenters. The lowest BCUT2D eigenvalue weighted by molar-refractivity contribution is 0.233. The molecular formula is C23H28FN3O3. The van der Waals surface area contributed by atoms with Gasteiger partial charge in [-0.05, 0) is 53.8 Å². The summed E-state index contributed by atoms with van der Waals surface area (Å²) in [6.45, 7) is 4.52. The Labute approximate surface area is 175 Å². The number of fused-ring (bicyclic) bond motifs is 1. The molecule has 6 nitrogen and oxygen atoms in total. The Balaban J connectivity index is 1.62. The van der Waals surface area contributed by atoms with E-state index >= 15 is 0 Å². The lowest BCUT2D eigenvalue weighted by Gasteiger charge is -2.24. The molecule has 0 aliphatic heterocycles. The number of hydrogen-bond acceptors (Lipinski definition) is 3. The molecule has 0 aliphatic rings. The van der Waals surface area contributed by atoms with Gasteiger partial charge in [0.15, 0.2) is 11.5 Å². The van der Waals surface area contributed by atoms with E-state index in [9.17, 15) is 9.18 Å². The molecule has 0 bridgehead atoms. The van der Waals surface area contributed by atoms with Crippen LogP contribution in [-0.2, 0) is 6.42 Å². The van der Waals surface area contributed by atoms with E-state index in [0.29, 0.717) is 24.5 Å². The van der Waals surface area contributed by atoms with E-state index in [2.05, 4.69) is 15.6 Å². The van der Waals surface area contributed by atoms with Gasteiger partial charge in [0.1, 0.15) is 5.82 Å². The third kappa shape index (κ3) is 4.84. The van der Waals surface area contributed by atoms with Crippen molar-refractivity contribution in [1.29, 1.82) is 0 Å². The summed E-state index contributed by atoms with van der Waals surface area (Å²) in [6, 6.07) is 9.84. The first-order valence-electron chi connectivity index (χ1n) is 9.94. The molecule has 1 heterocycles. The number of halogens is 1. The Morgan fingerprint density at radius 3 is 2.57 bits per heavy atom. The van der Waals surface area contributed by atoms with Gasteiger partial charge in [0.05, 0.1) is 20.3 Å². The summed E-state index contributed by atoms with van der Waals surface area (Å²) in [5.74, 6) is 1.16. The van der Waals surface area contributed by atoms with Gasteiger partial charge in [0.2, 0.25) is 0 Å². The molecular weight excluding hydrogens is 385 g/mol. The largest absolute Gasteiger partial charge is 0.493 e. The molecule has 3 aromatic rings. The number of carbonyl (C=O) groups is 1. The van der Waals surface area contributed by atoms with Crippen LogP contribution in [-0.4, -0.2) is 31.8 Å². The molecule has 3 N–H and O–H groups in total. The van der Waals surface area contributed by atoms with Gasteiger partial charge in [0.25, 0.3) is 0 Å². The second-order valence-corrected chi connectivity index (χ2v) is 7.49. The lowest BCUT2D eigenvalue weighted by atomic mass is 9.96. The zero-order chi connectivity index (χ0) is 21.7. The van der Waals surface area contributed by atoms with E-state index in [-0.39, 0.29) is 23.8 Å². The maximum atomic E-state index is 13.5. The summed E-state index contributed by atoms with van der Waals surface area (Å²) >= 11 is 0. The van der Waals surface area contributed by atoms with Crippen molar-refractivity contribution in [2.45, 2.75) is 26.3 Å². The van der Waals surface area contributed by atoms with Gasteiger partial charge in [-0.1, -0.05) is 19.9 Å². The minimum Gasteiger partial charge on any atom is -0.493 e. The first-order chi connectivity index (χ1) is 14.4. The Bertz CT molecular complexity index is 1020. The Kier molecular flexibility index (Phi) is 6.82. The van der Waals surface area contributed by atoms with Crippen LogP contribution in [0.15, 0.2) is 42.6 Å². The number of benzene rings is 2. The maximum Gasteiger partial charge on any atom is 0.315 e. The number of H-pyrrole nitrogens is 1. The highest BCUT2D eigenvalue weighted by Crippen LogP contribution is 2.32. The van der Waals surface area contributed by atoms with Gasteiger partial charge in [-0.15, -0.1) is 0 Å². The minimum absolute atomic E-state index is 0.172. The molecule has 0 spiro atoms. The van der Waals surface area contributed by atoms with Crippen LogP contribution in [0.5, 0.6) is 11.5 Å². The lowest BCUT2D eigenvalue weighted by Crippen LogP contribution is -2.40. The zero-order valence-corrected chi connectivity index (χ0v) is 17.7. The number of rotatable bonds is 8. The fourth-order valence-electron chi connectivity index (χ4n) is 3.54. The SMILES string of the molecule is COc1ccc([C@@H](NC(=O)NCCc2c[nH]c3ccc(F)cc23)C(C)C)cc1OC. The van der Waals surface area contributed by atoms with E-state index in [1.165, 1.54) is 12.1 Å². The molecule has 0 saturated heterocycles. The number of aromatic amines is 1. The summed E-state index contributed by atoms with van der Waals surface area (Å²) in [4.78, 5) is 15.6. The van der Waals surface area contributed by atoms with Crippen LogP contribution in [0.4, 0.5) is 9.18 Å². The van der Waals surface area contributed by atoms with Crippen LogP contribution < -0.4 is 20.1 Å².